The Bertz CT molecular complexity index is 405. The fraction of sp³-hybridized carbons (Fsp3) is 0.571. The average molecular weight is 267 g/mol. The lowest BCUT2D eigenvalue weighted by Gasteiger charge is -2.18. The topological polar surface area (TPSA) is 33.2 Å². The average Bonchev–Trinajstić information content (AvgIpc) is 2.58. The Balaban J connectivity index is 1.90. The molecule has 1 unspecified atom stereocenters. The van der Waals surface area contributed by atoms with Gasteiger partial charge in [0, 0.05) is 26.2 Å². The molecule has 3 nitrogen and oxygen atoms in total. The number of carbonyl (C=O) groups excluding carboxylic acids is 1. The van der Waals surface area contributed by atoms with Crippen molar-refractivity contribution >= 4 is 17.5 Å². The second-order valence-electron chi connectivity index (χ2n) is 5.00. The van der Waals surface area contributed by atoms with Crippen molar-refractivity contribution in [1.82, 2.24) is 9.88 Å². The Labute approximate surface area is 113 Å². The molecule has 4 heteroatoms. The van der Waals surface area contributed by atoms with Gasteiger partial charge in [-0.1, -0.05) is 17.7 Å². The summed E-state index contributed by atoms with van der Waals surface area (Å²) in [6.45, 7) is 3.45. The number of hydrogen-bond acceptors (Lipinski definition) is 2. The highest BCUT2D eigenvalue weighted by Gasteiger charge is 2.18. The minimum atomic E-state index is 0.198. The SMILES string of the molecule is CC(=O)N1CCCC(Cc2ccc(Cl)nc2)CC1. The standard InChI is InChI=1S/C14H19ClN2O/c1-11(18)17-7-2-3-12(6-8-17)9-13-4-5-14(15)16-10-13/h4-5,10,12H,2-3,6-9H2,1H3. The van der Waals surface area contributed by atoms with Crippen LogP contribution in [0.25, 0.3) is 0 Å². The number of pyridine rings is 1. The first-order valence-corrected chi connectivity index (χ1v) is 6.89. The van der Waals surface area contributed by atoms with Gasteiger partial charge in [-0.05, 0) is 43.2 Å². The maximum Gasteiger partial charge on any atom is 0.219 e. The summed E-state index contributed by atoms with van der Waals surface area (Å²) < 4.78 is 0. The maximum atomic E-state index is 11.4. The molecule has 1 atom stereocenters. The Morgan fingerprint density at radius 3 is 2.94 bits per heavy atom. The van der Waals surface area contributed by atoms with Crippen LogP contribution in [0, 0.1) is 5.92 Å². The van der Waals surface area contributed by atoms with Crippen LogP contribution in [0.4, 0.5) is 0 Å². The largest absolute Gasteiger partial charge is 0.343 e. The van der Waals surface area contributed by atoms with Crippen LogP contribution < -0.4 is 0 Å². The molecule has 2 heterocycles. The summed E-state index contributed by atoms with van der Waals surface area (Å²) in [5, 5.41) is 0.544. The molecular formula is C14H19ClN2O. The van der Waals surface area contributed by atoms with Crippen molar-refractivity contribution in [3.05, 3.63) is 29.0 Å². The Hall–Kier alpha value is -1.09. The minimum absolute atomic E-state index is 0.198. The van der Waals surface area contributed by atoms with Crippen molar-refractivity contribution in [3.8, 4) is 0 Å². The van der Waals surface area contributed by atoms with Gasteiger partial charge in [0.2, 0.25) is 5.91 Å². The fourth-order valence-corrected chi connectivity index (χ4v) is 2.66. The van der Waals surface area contributed by atoms with Crippen molar-refractivity contribution in [1.29, 1.82) is 0 Å². The van der Waals surface area contributed by atoms with E-state index in [1.165, 1.54) is 12.0 Å². The van der Waals surface area contributed by atoms with E-state index in [0.717, 1.165) is 32.4 Å². The number of rotatable bonds is 2. The van der Waals surface area contributed by atoms with Crippen molar-refractivity contribution in [2.45, 2.75) is 32.6 Å². The van der Waals surface area contributed by atoms with E-state index in [1.54, 1.807) is 6.92 Å². The molecule has 18 heavy (non-hydrogen) atoms. The monoisotopic (exact) mass is 266 g/mol. The normalized spacial score (nSPS) is 20.6. The van der Waals surface area contributed by atoms with E-state index < -0.39 is 0 Å². The van der Waals surface area contributed by atoms with Crippen LogP contribution in [0.15, 0.2) is 18.3 Å². The van der Waals surface area contributed by atoms with Crippen LogP contribution in [-0.4, -0.2) is 28.9 Å². The molecule has 0 bridgehead atoms. The molecule has 1 amide bonds. The zero-order chi connectivity index (χ0) is 13.0. The summed E-state index contributed by atoms with van der Waals surface area (Å²) >= 11 is 5.78. The van der Waals surface area contributed by atoms with Crippen molar-refractivity contribution < 1.29 is 4.79 Å². The van der Waals surface area contributed by atoms with Crippen molar-refractivity contribution in [2.75, 3.05) is 13.1 Å². The molecule has 1 aromatic rings. The third-order valence-electron chi connectivity index (χ3n) is 3.61. The molecule has 0 radical (unpaired) electrons. The zero-order valence-corrected chi connectivity index (χ0v) is 11.5. The lowest BCUT2D eigenvalue weighted by molar-refractivity contribution is -0.128. The lowest BCUT2D eigenvalue weighted by Crippen LogP contribution is -2.29. The van der Waals surface area contributed by atoms with Gasteiger partial charge in [-0.15, -0.1) is 0 Å². The van der Waals surface area contributed by atoms with E-state index in [1.807, 2.05) is 23.2 Å². The van der Waals surface area contributed by atoms with Gasteiger partial charge in [0.15, 0.2) is 0 Å². The van der Waals surface area contributed by atoms with E-state index in [2.05, 4.69) is 4.98 Å². The first-order chi connectivity index (χ1) is 8.65. The second kappa shape index (κ2) is 6.19. The summed E-state index contributed by atoms with van der Waals surface area (Å²) in [4.78, 5) is 17.4. The molecule has 1 aliphatic heterocycles. The quantitative estimate of drug-likeness (QED) is 0.771. The van der Waals surface area contributed by atoms with Gasteiger partial charge in [0.1, 0.15) is 5.15 Å². The number of likely N-dealkylation sites (tertiary alicyclic amines) is 1. The van der Waals surface area contributed by atoms with Gasteiger partial charge in [0.25, 0.3) is 0 Å². The van der Waals surface area contributed by atoms with Crippen molar-refractivity contribution in [2.24, 2.45) is 5.92 Å². The number of amides is 1. The molecule has 1 aliphatic rings. The predicted molar refractivity (Wildman–Crippen MR) is 72.5 cm³/mol. The molecule has 0 aliphatic carbocycles. The Kier molecular flexibility index (Phi) is 4.59. The Morgan fingerprint density at radius 2 is 2.28 bits per heavy atom. The highest BCUT2D eigenvalue weighted by atomic mass is 35.5. The molecule has 2 rings (SSSR count). The summed E-state index contributed by atoms with van der Waals surface area (Å²) in [6.07, 6.45) is 6.27. The molecule has 0 spiro atoms. The number of nitrogens with zero attached hydrogens (tertiary/aromatic N) is 2. The highest BCUT2D eigenvalue weighted by molar-refractivity contribution is 6.29. The van der Waals surface area contributed by atoms with Gasteiger partial charge >= 0.3 is 0 Å². The summed E-state index contributed by atoms with van der Waals surface area (Å²) in [7, 11) is 0. The predicted octanol–water partition coefficient (Wildman–Crippen LogP) is 2.93. The van der Waals surface area contributed by atoms with Crippen LogP contribution in [0.5, 0.6) is 0 Å². The zero-order valence-electron chi connectivity index (χ0n) is 10.7. The first-order valence-electron chi connectivity index (χ1n) is 6.51. The molecule has 0 saturated carbocycles. The number of halogens is 1. The van der Waals surface area contributed by atoms with Crippen LogP contribution in [0.3, 0.4) is 0 Å². The van der Waals surface area contributed by atoms with E-state index in [4.69, 9.17) is 11.6 Å². The van der Waals surface area contributed by atoms with Crippen LogP contribution in [0.2, 0.25) is 5.15 Å². The molecule has 1 saturated heterocycles. The van der Waals surface area contributed by atoms with E-state index in [0.29, 0.717) is 11.1 Å². The highest BCUT2D eigenvalue weighted by Crippen LogP contribution is 2.22. The first kappa shape index (κ1) is 13.3. The number of carbonyl (C=O) groups is 1. The summed E-state index contributed by atoms with van der Waals surface area (Å²) in [5.74, 6) is 0.848. The van der Waals surface area contributed by atoms with E-state index in [9.17, 15) is 4.79 Å². The van der Waals surface area contributed by atoms with Crippen LogP contribution >= 0.6 is 11.6 Å². The summed E-state index contributed by atoms with van der Waals surface area (Å²) in [5.41, 5.74) is 1.24. The minimum Gasteiger partial charge on any atom is -0.343 e. The number of aromatic nitrogens is 1. The molecule has 1 aromatic heterocycles. The number of hydrogen-bond donors (Lipinski definition) is 0. The molecule has 0 N–H and O–H groups in total. The van der Waals surface area contributed by atoms with Gasteiger partial charge in [-0.25, -0.2) is 4.98 Å². The lowest BCUT2D eigenvalue weighted by atomic mass is 9.93. The van der Waals surface area contributed by atoms with Gasteiger partial charge in [0.05, 0.1) is 0 Å². The van der Waals surface area contributed by atoms with E-state index in [-0.39, 0.29) is 5.91 Å². The van der Waals surface area contributed by atoms with Crippen LogP contribution in [0.1, 0.15) is 31.7 Å². The third kappa shape index (κ3) is 3.70. The van der Waals surface area contributed by atoms with Crippen LogP contribution in [-0.2, 0) is 11.2 Å². The molecule has 1 fully saturated rings. The maximum absolute atomic E-state index is 11.4. The fourth-order valence-electron chi connectivity index (χ4n) is 2.54. The molecule has 0 aromatic carbocycles. The smallest absolute Gasteiger partial charge is 0.219 e. The third-order valence-corrected chi connectivity index (χ3v) is 3.83. The second-order valence-corrected chi connectivity index (χ2v) is 5.38. The van der Waals surface area contributed by atoms with Gasteiger partial charge in [-0.3, -0.25) is 4.79 Å². The summed E-state index contributed by atoms with van der Waals surface area (Å²) in [6, 6.07) is 3.89. The van der Waals surface area contributed by atoms with Gasteiger partial charge < -0.3 is 4.90 Å². The molecular weight excluding hydrogens is 248 g/mol. The van der Waals surface area contributed by atoms with Gasteiger partial charge in [-0.2, -0.15) is 0 Å². The Morgan fingerprint density at radius 1 is 1.44 bits per heavy atom. The molecule has 98 valence electrons. The van der Waals surface area contributed by atoms with E-state index >= 15 is 0 Å². The van der Waals surface area contributed by atoms with Crippen molar-refractivity contribution in [3.63, 3.8) is 0 Å².